The molecule has 0 aliphatic carbocycles. The van der Waals surface area contributed by atoms with Gasteiger partial charge in [-0.05, 0) is 24.1 Å². The third kappa shape index (κ3) is 4.39. The Bertz CT molecular complexity index is 893. The second-order valence-electron chi connectivity index (χ2n) is 7.12. The molecule has 0 amide bonds. The molecule has 1 aliphatic heterocycles. The lowest BCUT2D eigenvalue weighted by Crippen LogP contribution is -2.27. The van der Waals surface area contributed by atoms with Crippen LogP contribution in [-0.4, -0.2) is 42.3 Å². The number of fused-ring (bicyclic) bond motifs is 1. The largest absolute Gasteiger partial charge is 0.492 e. The summed E-state index contributed by atoms with van der Waals surface area (Å²) in [5, 5.41) is 0.814. The molecule has 142 valence electrons. The zero-order valence-corrected chi connectivity index (χ0v) is 16.8. The van der Waals surface area contributed by atoms with Crippen molar-refractivity contribution in [1.29, 1.82) is 0 Å². The van der Waals surface area contributed by atoms with Gasteiger partial charge in [-0.3, -0.25) is 4.90 Å². The molecule has 0 spiro atoms. The van der Waals surface area contributed by atoms with Crippen molar-refractivity contribution in [2.24, 2.45) is 5.92 Å². The van der Waals surface area contributed by atoms with Crippen LogP contribution >= 0.6 is 11.6 Å². The van der Waals surface area contributed by atoms with Crippen LogP contribution in [0.5, 0.6) is 5.75 Å². The van der Waals surface area contributed by atoms with Crippen molar-refractivity contribution in [3.8, 4) is 5.75 Å². The molecule has 0 saturated heterocycles. The van der Waals surface area contributed by atoms with E-state index >= 15 is 0 Å². The van der Waals surface area contributed by atoms with E-state index in [0.29, 0.717) is 37.2 Å². The molecule has 0 saturated carbocycles. The number of benzene rings is 1. The highest BCUT2D eigenvalue weighted by molar-refractivity contribution is 7.90. The fourth-order valence-electron chi connectivity index (χ4n) is 3.16. The lowest BCUT2D eigenvalue weighted by molar-refractivity contribution is 0.214. The molecule has 8 heteroatoms. The molecule has 6 nitrogen and oxygen atoms in total. The first-order valence-electron chi connectivity index (χ1n) is 8.62. The van der Waals surface area contributed by atoms with Gasteiger partial charge < -0.3 is 9.30 Å². The van der Waals surface area contributed by atoms with E-state index in [1.807, 2.05) is 22.8 Å². The summed E-state index contributed by atoms with van der Waals surface area (Å²) in [4.78, 5) is 6.41. The van der Waals surface area contributed by atoms with Gasteiger partial charge >= 0.3 is 0 Å². The van der Waals surface area contributed by atoms with Gasteiger partial charge in [0.05, 0.1) is 11.9 Å². The molecule has 1 aromatic carbocycles. The van der Waals surface area contributed by atoms with Crippen LogP contribution in [0.2, 0.25) is 5.02 Å². The molecule has 0 radical (unpaired) electrons. The van der Waals surface area contributed by atoms with Crippen LogP contribution in [0.15, 0.2) is 29.6 Å². The minimum absolute atomic E-state index is 0.135. The fraction of sp³-hybridized carbons (Fsp3) is 0.500. The fourth-order valence-corrected chi connectivity index (χ4v) is 4.19. The molecule has 0 unspecified atom stereocenters. The van der Waals surface area contributed by atoms with Gasteiger partial charge in [0, 0.05) is 43.0 Å². The summed E-state index contributed by atoms with van der Waals surface area (Å²) in [5.74, 6) is 1.17. The summed E-state index contributed by atoms with van der Waals surface area (Å²) < 4.78 is 31.8. The summed E-state index contributed by atoms with van der Waals surface area (Å²) in [7, 11) is -3.37. The molecule has 0 fully saturated rings. The maximum absolute atomic E-state index is 12.1. The number of hydrogen-bond acceptors (Lipinski definition) is 5. The molecular formula is C18H24ClN3O3S. The standard InChI is InChI=1S/C18H24ClN3O3S/c1-13(2)10-22-16(9-20-18(22)26(3,23)24)12-21-6-7-25-17-5-4-15(19)8-14(17)11-21/h4-5,8-9,13H,6-7,10-12H2,1-3H3. The summed E-state index contributed by atoms with van der Waals surface area (Å²) in [6.07, 6.45) is 2.87. The third-order valence-electron chi connectivity index (χ3n) is 4.25. The highest BCUT2D eigenvalue weighted by atomic mass is 35.5. The SMILES string of the molecule is CC(C)Cn1c(CN2CCOc3ccc(Cl)cc3C2)cnc1S(C)(=O)=O. The molecule has 0 bridgehead atoms. The first-order valence-corrected chi connectivity index (χ1v) is 10.9. The van der Waals surface area contributed by atoms with Gasteiger partial charge in [-0.25, -0.2) is 13.4 Å². The number of rotatable bonds is 5. The van der Waals surface area contributed by atoms with Crippen LogP contribution < -0.4 is 4.74 Å². The number of halogens is 1. The predicted octanol–water partition coefficient (Wildman–Crippen LogP) is 2.99. The zero-order valence-electron chi connectivity index (χ0n) is 15.3. The van der Waals surface area contributed by atoms with Crippen LogP contribution in [0.1, 0.15) is 25.1 Å². The molecule has 0 N–H and O–H groups in total. The van der Waals surface area contributed by atoms with E-state index < -0.39 is 9.84 Å². The van der Waals surface area contributed by atoms with Gasteiger partial charge in [-0.15, -0.1) is 0 Å². The van der Waals surface area contributed by atoms with E-state index in [-0.39, 0.29) is 5.16 Å². The van der Waals surface area contributed by atoms with E-state index in [1.165, 1.54) is 6.26 Å². The summed E-state index contributed by atoms with van der Waals surface area (Å²) in [6, 6.07) is 5.64. The summed E-state index contributed by atoms with van der Waals surface area (Å²) in [6.45, 7) is 7.35. The molecule has 26 heavy (non-hydrogen) atoms. The van der Waals surface area contributed by atoms with Crippen LogP contribution in [0.25, 0.3) is 0 Å². The molecule has 1 aliphatic rings. The third-order valence-corrected chi connectivity index (χ3v) is 5.47. The smallest absolute Gasteiger partial charge is 0.227 e. The normalized spacial score (nSPS) is 15.6. The van der Waals surface area contributed by atoms with Crippen molar-refractivity contribution in [2.75, 3.05) is 19.4 Å². The Morgan fingerprint density at radius 3 is 2.81 bits per heavy atom. The molecule has 2 heterocycles. The van der Waals surface area contributed by atoms with E-state index in [2.05, 4.69) is 23.7 Å². The first-order chi connectivity index (χ1) is 12.2. The van der Waals surface area contributed by atoms with E-state index in [9.17, 15) is 8.42 Å². The molecule has 3 rings (SSSR count). The van der Waals surface area contributed by atoms with Gasteiger partial charge in [0.1, 0.15) is 12.4 Å². The lowest BCUT2D eigenvalue weighted by atomic mass is 10.2. The summed E-state index contributed by atoms with van der Waals surface area (Å²) >= 11 is 6.12. The number of imidazole rings is 1. The van der Waals surface area contributed by atoms with Crippen molar-refractivity contribution in [2.45, 2.75) is 38.6 Å². The Balaban J connectivity index is 1.87. The van der Waals surface area contributed by atoms with Crippen LogP contribution in [-0.2, 0) is 29.5 Å². The average Bonchev–Trinajstić information content (AvgIpc) is 2.80. The lowest BCUT2D eigenvalue weighted by Gasteiger charge is -2.21. The Kier molecular flexibility index (Phi) is 5.60. The molecular weight excluding hydrogens is 374 g/mol. The topological polar surface area (TPSA) is 64.4 Å². The Morgan fingerprint density at radius 1 is 1.35 bits per heavy atom. The number of ether oxygens (including phenoxy) is 1. The minimum Gasteiger partial charge on any atom is -0.492 e. The van der Waals surface area contributed by atoms with Crippen molar-refractivity contribution in [3.05, 3.63) is 40.7 Å². The maximum atomic E-state index is 12.1. The highest BCUT2D eigenvalue weighted by Gasteiger charge is 2.22. The van der Waals surface area contributed by atoms with Crippen molar-refractivity contribution < 1.29 is 13.2 Å². The Hall–Kier alpha value is -1.57. The average molecular weight is 398 g/mol. The van der Waals surface area contributed by atoms with Crippen molar-refractivity contribution >= 4 is 21.4 Å². The number of aromatic nitrogens is 2. The molecule has 2 aromatic rings. The van der Waals surface area contributed by atoms with E-state index in [1.54, 1.807) is 6.20 Å². The van der Waals surface area contributed by atoms with Crippen molar-refractivity contribution in [3.63, 3.8) is 0 Å². The van der Waals surface area contributed by atoms with Gasteiger partial charge in [-0.1, -0.05) is 25.4 Å². The van der Waals surface area contributed by atoms with Gasteiger partial charge in [0.25, 0.3) is 0 Å². The first kappa shape index (κ1) is 19.2. The predicted molar refractivity (Wildman–Crippen MR) is 101 cm³/mol. The van der Waals surface area contributed by atoms with Gasteiger partial charge in [-0.2, -0.15) is 0 Å². The molecule has 1 aromatic heterocycles. The molecule has 0 atom stereocenters. The zero-order chi connectivity index (χ0) is 18.9. The second kappa shape index (κ2) is 7.58. The van der Waals surface area contributed by atoms with E-state index in [0.717, 1.165) is 23.6 Å². The number of nitrogens with zero attached hydrogens (tertiary/aromatic N) is 3. The Labute approximate surface area is 159 Å². The summed E-state index contributed by atoms with van der Waals surface area (Å²) in [5.41, 5.74) is 1.93. The monoisotopic (exact) mass is 397 g/mol. The Morgan fingerprint density at radius 2 is 2.12 bits per heavy atom. The number of hydrogen-bond donors (Lipinski definition) is 0. The number of sulfone groups is 1. The van der Waals surface area contributed by atoms with Gasteiger partial charge in [0.2, 0.25) is 15.0 Å². The quantitative estimate of drug-likeness (QED) is 0.776. The van der Waals surface area contributed by atoms with Gasteiger partial charge in [0.15, 0.2) is 0 Å². The minimum atomic E-state index is -3.37. The second-order valence-corrected chi connectivity index (χ2v) is 9.47. The van der Waals surface area contributed by atoms with Crippen molar-refractivity contribution in [1.82, 2.24) is 14.5 Å². The van der Waals surface area contributed by atoms with E-state index in [4.69, 9.17) is 16.3 Å². The highest BCUT2D eigenvalue weighted by Crippen LogP contribution is 2.27. The van der Waals surface area contributed by atoms with Crippen LogP contribution in [0.3, 0.4) is 0 Å². The maximum Gasteiger partial charge on any atom is 0.227 e. The van der Waals surface area contributed by atoms with Crippen LogP contribution in [0, 0.1) is 5.92 Å². The van der Waals surface area contributed by atoms with Crippen LogP contribution in [0.4, 0.5) is 0 Å².